The van der Waals surface area contributed by atoms with Crippen LogP contribution in [0.15, 0.2) is 0 Å². The molecule has 1 saturated carbocycles. The molecule has 4 nitrogen and oxygen atoms in total. The molecule has 2 rings (SSSR count). The molecule has 0 bridgehead atoms. The van der Waals surface area contributed by atoms with Crippen LogP contribution < -0.4 is 0 Å². The van der Waals surface area contributed by atoms with E-state index in [2.05, 4.69) is 0 Å². The van der Waals surface area contributed by atoms with Crippen molar-refractivity contribution >= 4 is 0 Å². The van der Waals surface area contributed by atoms with Crippen molar-refractivity contribution in [2.45, 2.75) is 37.8 Å². The molecule has 2 unspecified atom stereocenters. The molecule has 0 radical (unpaired) electrons. The predicted molar refractivity (Wildman–Crippen MR) is 44.8 cm³/mol. The summed E-state index contributed by atoms with van der Waals surface area (Å²) in [7, 11) is 0. The smallest absolute Gasteiger partial charge is 0.158 e. The van der Waals surface area contributed by atoms with Crippen molar-refractivity contribution in [1.82, 2.24) is 0 Å². The fourth-order valence-electron chi connectivity index (χ4n) is 2.03. The van der Waals surface area contributed by atoms with Gasteiger partial charge in [-0.15, -0.1) is 0 Å². The first-order chi connectivity index (χ1) is 6.22. The topological polar surface area (TPSA) is 69.9 Å². The minimum absolute atomic E-state index is 0.0674. The van der Waals surface area contributed by atoms with Crippen LogP contribution in [-0.2, 0) is 4.74 Å². The van der Waals surface area contributed by atoms with Crippen LogP contribution in [0.25, 0.3) is 0 Å². The Kier molecular flexibility index (Phi) is 2.55. The van der Waals surface area contributed by atoms with Gasteiger partial charge in [0, 0.05) is 5.92 Å². The number of rotatable bonds is 2. The van der Waals surface area contributed by atoms with Gasteiger partial charge in [0.1, 0.15) is 6.10 Å². The maximum atomic E-state index is 9.55. The summed E-state index contributed by atoms with van der Waals surface area (Å²) in [5, 5.41) is 27.9. The third-order valence-electron chi connectivity index (χ3n) is 3.03. The van der Waals surface area contributed by atoms with E-state index in [0.717, 1.165) is 12.8 Å². The molecule has 2 fully saturated rings. The van der Waals surface area contributed by atoms with E-state index >= 15 is 0 Å². The second kappa shape index (κ2) is 3.53. The summed E-state index contributed by atoms with van der Waals surface area (Å²) in [5.41, 5.74) is 0. The Bertz CT molecular complexity index is 180. The minimum atomic E-state index is -0.798. The Morgan fingerprint density at radius 2 is 1.92 bits per heavy atom. The molecule has 3 N–H and O–H groups in total. The molecule has 0 amide bonds. The summed E-state index contributed by atoms with van der Waals surface area (Å²) in [5.74, 6) is 0.585. The largest absolute Gasteiger partial charge is 0.394 e. The highest BCUT2D eigenvalue weighted by atomic mass is 16.6. The first-order valence-electron chi connectivity index (χ1n) is 4.85. The monoisotopic (exact) mass is 188 g/mol. The average Bonchev–Trinajstić information content (AvgIpc) is 2.91. The van der Waals surface area contributed by atoms with Crippen LogP contribution in [0.5, 0.6) is 0 Å². The summed E-state index contributed by atoms with van der Waals surface area (Å²) >= 11 is 0. The first-order valence-corrected chi connectivity index (χ1v) is 4.85. The van der Waals surface area contributed by atoms with Gasteiger partial charge in [0.2, 0.25) is 0 Å². The summed E-state index contributed by atoms with van der Waals surface area (Å²) < 4.78 is 5.12. The highest BCUT2D eigenvalue weighted by Gasteiger charge is 2.43. The predicted octanol–water partition coefficient (Wildman–Crippen LogP) is -0.527. The van der Waals surface area contributed by atoms with Crippen LogP contribution in [0.4, 0.5) is 0 Å². The fraction of sp³-hybridized carbons (Fsp3) is 1.00. The maximum absolute atomic E-state index is 9.55. The number of hydrogen-bond donors (Lipinski definition) is 3. The lowest BCUT2D eigenvalue weighted by Crippen LogP contribution is -2.46. The molecule has 0 aromatic heterocycles. The molecule has 1 aliphatic carbocycles. The molecule has 1 aliphatic heterocycles. The Labute approximate surface area is 77.1 Å². The Morgan fingerprint density at radius 3 is 2.46 bits per heavy atom. The zero-order valence-electron chi connectivity index (χ0n) is 7.47. The lowest BCUT2D eigenvalue weighted by Gasteiger charge is -2.36. The minimum Gasteiger partial charge on any atom is -0.394 e. The third-order valence-corrected chi connectivity index (χ3v) is 3.03. The molecule has 13 heavy (non-hydrogen) atoms. The van der Waals surface area contributed by atoms with Gasteiger partial charge in [0.25, 0.3) is 0 Å². The summed E-state index contributed by atoms with van der Waals surface area (Å²) in [6.07, 6.45) is 0.775. The van der Waals surface area contributed by atoms with Crippen molar-refractivity contribution in [3.05, 3.63) is 0 Å². The molecule has 0 aromatic rings. The SMILES string of the molecule is OCC1O[C@H](O)C(C2CC2)C[C@@H]1O. The van der Waals surface area contributed by atoms with Gasteiger partial charge in [-0.25, -0.2) is 0 Å². The zero-order valence-corrected chi connectivity index (χ0v) is 7.47. The molecule has 76 valence electrons. The molecule has 1 heterocycles. The average molecular weight is 188 g/mol. The zero-order chi connectivity index (χ0) is 9.42. The lowest BCUT2D eigenvalue weighted by molar-refractivity contribution is -0.238. The molecular weight excluding hydrogens is 172 g/mol. The van der Waals surface area contributed by atoms with Gasteiger partial charge in [-0.05, 0) is 25.2 Å². The second-order valence-corrected chi connectivity index (χ2v) is 4.05. The van der Waals surface area contributed by atoms with Crippen LogP contribution in [0.1, 0.15) is 19.3 Å². The maximum Gasteiger partial charge on any atom is 0.158 e. The van der Waals surface area contributed by atoms with Gasteiger partial charge in [-0.1, -0.05) is 0 Å². The van der Waals surface area contributed by atoms with E-state index in [0.29, 0.717) is 12.3 Å². The number of aliphatic hydroxyl groups excluding tert-OH is 3. The van der Waals surface area contributed by atoms with Gasteiger partial charge in [-0.2, -0.15) is 0 Å². The van der Waals surface area contributed by atoms with Crippen LogP contribution >= 0.6 is 0 Å². The molecule has 4 heteroatoms. The quantitative estimate of drug-likeness (QED) is 0.545. The van der Waals surface area contributed by atoms with Crippen molar-refractivity contribution < 1.29 is 20.1 Å². The fourth-order valence-corrected chi connectivity index (χ4v) is 2.03. The van der Waals surface area contributed by atoms with E-state index in [9.17, 15) is 10.2 Å². The number of hydrogen-bond acceptors (Lipinski definition) is 4. The Morgan fingerprint density at radius 1 is 1.23 bits per heavy atom. The Balaban J connectivity index is 1.94. The normalized spacial score (nSPS) is 46.4. The molecule has 2 aliphatic rings. The van der Waals surface area contributed by atoms with Crippen molar-refractivity contribution in [2.24, 2.45) is 11.8 Å². The summed E-state index contributed by atoms with van der Waals surface area (Å²) in [4.78, 5) is 0. The summed E-state index contributed by atoms with van der Waals surface area (Å²) in [6.45, 7) is -0.227. The molecule has 4 atom stereocenters. The van der Waals surface area contributed by atoms with Crippen LogP contribution in [-0.4, -0.2) is 40.4 Å². The van der Waals surface area contributed by atoms with Crippen LogP contribution in [0.2, 0.25) is 0 Å². The summed E-state index contributed by atoms with van der Waals surface area (Å²) in [6, 6.07) is 0. The van der Waals surface area contributed by atoms with Crippen LogP contribution in [0.3, 0.4) is 0 Å². The van der Waals surface area contributed by atoms with E-state index in [1.807, 2.05) is 0 Å². The third kappa shape index (κ3) is 1.86. The van der Waals surface area contributed by atoms with E-state index in [1.165, 1.54) is 0 Å². The van der Waals surface area contributed by atoms with Gasteiger partial charge in [0.15, 0.2) is 6.29 Å². The van der Waals surface area contributed by atoms with E-state index in [1.54, 1.807) is 0 Å². The highest BCUT2D eigenvalue weighted by molar-refractivity contribution is 4.89. The highest BCUT2D eigenvalue weighted by Crippen LogP contribution is 2.43. The van der Waals surface area contributed by atoms with Gasteiger partial charge >= 0.3 is 0 Å². The molecule has 0 aromatic carbocycles. The lowest BCUT2D eigenvalue weighted by atomic mass is 9.90. The van der Waals surface area contributed by atoms with E-state index < -0.39 is 18.5 Å². The van der Waals surface area contributed by atoms with Crippen molar-refractivity contribution in [2.75, 3.05) is 6.61 Å². The Hall–Kier alpha value is -0.160. The molecule has 1 saturated heterocycles. The van der Waals surface area contributed by atoms with Crippen molar-refractivity contribution in [3.8, 4) is 0 Å². The van der Waals surface area contributed by atoms with Gasteiger partial charge in [0.05, 0.1) is 12.7 Å². The number of aliphatic hydroxyl groups is 3. The van der Waals surface area contributed by atoms with Crippen LogP contribution in [0, 0.1) is 11.8 Å². The molecular formula is C9H16O4. The second-order valence-electron chi connectivity index (χ2n) is 4.05. The van der Waals surface area contributed by atoms with Crippen molar-refractivity contribution in [1.29, 1.82) is 0 Å². The van der Waals surface area contributed by atoms with E-state index in [-0.39, 0.29) is 12.5 Å². The van der Waals surface area contributed by atoms with Gasteiger partial charge in [-0.3, -0.25) is 0 Å². The standard InChI is InChI=1S/C9H16O4/c10-4-8-7(11)3-6(5-1-2-5)9(12)13-8/h5-12H,1-4H2/t6?,7-,8?,9-/m0/s1. The number of ether oxygens (including phenoxy) is 1. The first kappa shape index (κ1) is 9.40. The van der Waals surface area contributed by atoms with Gasteiger partial charge < -0.3 is 20.1 Å². The van der Waals surface area contributed by atoms with E-state index in [4.69, 9.17) is 9.84 Å². The molecule has 0 spiro atoms. The van der Waals surface area contributed by atoms with Crippen molar-refractivity contribution in [3.63, 3.8) is 0 Å².